The monoisotopic (exact) mass is 326 g/mol. The lowest BCUT2D eigenvalue weighted by Crippen LogP contribution is -2.30. The van der Waals surface area contributed by atoms with Gasteiger partial charge in [0.25, 0.3) is 0 Å². The molecule has 1 aromatic heterocycles. The van der Waals surface area contributed by atoms with Crippen LogP contribution in [0.25, 0.3) is 10.2 Å². The van der Waals surface area contributed by atoms with Gasteiger partial charge in [0.15, 0.2) is 4.75 Å². The third-order valence-corrected chi connectivity index (χ3v) is 6.60. The Morgan fingerprint density at radius 1 is 1.38 bits per heavy atom. The highest BCUT2D eigenvalue weighted by molar-refractivity contribution is 7.93. The fraction of sp³-hybridized carbons (Fsp3) is 0.562. The molecule has 1 N–H and O–H groups in total. The summed E-state index contributed by atoms with van der Waals surface area (Å²) in [6.45, 7) is 8.69. The Hall–Kier alpha value is -0.620. The summed E-state index contributed by atoms with van der Waals surface area (Å²) in [5, 5.41) is 10.4. The highest BCUT2D eigenvalue weighted by Crippen LogP contribution is 2.31. The van der Waals surface area contributed by atoms with Crippen LogP contribution in [0.3, 0.4) is 0 Å². The SMILES string of the molecule is Cc1nc2cc([C@H](CCO)O[S+](C)C(C)(C)C)ccc2s1. The summed E-state index contributed by atoms with van der Waals surface area (Å²) < 4.78 is 7.55. The molecular formula is C16H24NO2S2+. The van der Waals surface area contributed by atoms with Crippen LogP contribution in [0.2, 0.25) is 0 Å². The first kappa shape index (κ1) is 16.7. The van der Waals surface area contributed by atoms with Crippen LogP contribution in [-0.2, 0) is 15.4 Å². The fourth-order valence-corrected chi connectivity index (χ4v) is 3.62. The Labute approximate surface area is 133 Å². The average molecular weight is 327 g/mol. The Morgan fingerprint density at radius 2 is 2.10 bits per heavy atom. The number of hydrogen-bond acceptors (Lipinski definition) is 4. The quantitative estimate of drug-likeness (QED) is 0.844. The van der Waals surface area contributed by atoms with E-state index < -0.39 is 0 Å². The number of fused-ring (bicyclic) bond motifs is 1. The van der Waals surface area contributed by atoms with Crippen LogP contribution in [0.5, 0.6) is 0 Å². The summed E-state index contributed by atoms with van der Waals surface area (Å²) in [7, 11) is 0. The molecule has 1 unspecified atom stereocenters. The molecule has 116 valence electrons. The average Bonchev–Trinajstić information content (AvgIpc) is 2.75. The van der Waals surface area contributed by atoms with Crippen molar-refractivity contribution in [1.29, 1.82) is 0 Å². The maximum absolute atomic E-state index is 9.34. The molecule has 0 radical (unpaired) electrons. The minimum absolute atomic E-state index is 0.0750. The molecule has 0 aliphatic rings. The highest BCUT2D eigenvalue weighted by atomic mass is 32.2. The zero-order chi connectivity index (χ0) is 15.6. The van der Waals surface area contributed by atoms with E-state index in [0.717, 1.165) is 16.1 Å². The van der Waals surface area contributed by atoms with E-state index in [0.29, 0.717) is 6.42 Å². The van der Waals surface area contributed by atoms with E-state index in [1.165, 1.54) is 4.70 Å². The largest absolute Gasteiger partial charge is 0.396 e. The molecule has 1 aromatic carbocycles. The van der Waals surface area contributed by atoms with E-state index in [1.54, 1.807) is 11.3 Å². The summed E-state index contributed by atoms with van der Waals surface area (Å²) in [4.78, 5) is 4.55. The van der Waals surface area contributed by atoms with E-state index in [9.17, 15) is 5.11 Å². The van der Waals surface area contributed by atoms with E-state index >= 15 is 0 Å². The summed E-state index contributed by atoms with van der Waals surface area (Å²) in [6, 6.07) is 6.30. The Balaban J connectivity index is 2.26. The van der Waals surface area contributed by atoms with E-state index in [1.807, 2.05) is 6.92 Å². The molecule has 0 bridgehead atoms. The first-order chi connectivity index (χ1) is 9.81. The number of aliphatic hydroxyl groups is 1. The predicted octanol–water partition coefficient (Wildman–Crippen LogP) is 4.01. The molecule has 0 saturated carbocycles. The molecule has 0 aliphatic carbocycles. The second-order valence-electron chi connectivity index (χ2n) is 6.12. The lowest BCUT2D eigenvalue weighted by molar-refractivity contribution is 0.173. The molecule has 3 nitrogen and oxygen atoms in total. The van der Waals surface area contributed by atoms with Gasteiger partial charge in [-0.3, -0.25) is 0 Å². The van der Waals surface area contributed by atoms with Crippen LogP contribution < -0.4 is 0 Å². The van der Waals surface area contributed by atoms with Crippen molar-refractivity contribution in [2.75, 3.05) is 12.9 Å². The van der Waals surface area contributed by atoms with Crippen LogP contribution in [-0.4, -0.2) is 27.7 Å². The van der Waals surface area contributed by atoms with Crippen LogP contribution in [0, 0.1) is 6.92 Å². The normalized spacial score (nSPS) is 15.3. The molecule has 2 atom stereocenters. The molecule has 0 saturated heterocycles. The number of nitrogens with zero attached hydrogens (tertiary/aromatic N) is 1. The fourth-order valence-electron chi connectivity index (χ4n) is 1.97. The minimum Gasteiger partial charge on any atom is -0.396 e. The van der Waals surface area contributed by atoms with Crippen molar-refractivity contribution in [2.24, 2.45) is 0 Å². The molecule has 2 aromatic rings. The third kappa shape index (κ3) is 4.19. The Bertz CT molecular complexity index is 604. The van der Waals surface area contributed by atoms with E-state index in [4.69, 9.17) is 4.18 Å². The molecular weight excluding hydrogens is 302 g/mol. The predicted molar refractivity (Wildman–Crippen MR) is 92.9 cm³/mol. The maximum atomic E-state index is 9.34. The van der Waals surface area contributed by atoms with Gasteiger partial charge in [-0.15, -0.1) is 11.3 Å². The minimum atomic E-state index is -0.177. The lowest BCUT2D eigenvalue weighted by Gasteiger charge is -2.21. The molecule has 2 rings (SSSR count). The standard InChI is InChI=1S/C16H24NO2S2/c1-11-17-13-10-12(6-7-15(13)20-11)14(8-9-18)19-21(5)16(2,3)4/h6-7,10,14,18H,8-9H2,1-5H3/q+1/t14-,21?/m0/s1. The second kappa shape index (κ2) is 6.65. The third-order valence-electron chi connectivity index (χ3n) is 3.40. The maximum Gasteiger partial charge on any atom is 0.152 e. The van der Waals surface area contributed by atoms with Crippen LogP contribution >= 0.6 is 11.3 Å². The number of hydrogen-bond donors (Lipinski definition) is 1. The molecule has 0 amide bonds. The topological polar surface area (TPSA) is 42.4 Å². The summed E-state index contributed by atoms with van der Waals surface area (Å²) >= 11 is 1.53. The lowest BCUT2D eigenvalue weighted by atomic mass is 10.1. The van der Waals surface area contributed by atoms with Crippen molar-refractivity contribution in [3.63, 3.8) is 0 Å². The van der Waals surface area contributed by atoms with Gasteiger partial charge in [0.1, 0.15) is 23.5 Å². The van der Waals surface area contributed by atoms with Gasteiger partial charge >= 0.3 is 0 Å². The Morgan fingerprint density at radius 3 is 2.71 bits per heavy atom. The van der Waals surface area contributed by atoms with Crippen molar-refractivity contribution >= 4 is 32.7 Å². The van der Waals surface area contributed by atoms with Gasteiger partial charge in [-0.25, -0.2) is 4.98 Å². The molecule has 0 spiro atoms. The number of aromatic nitrogens is 1. The second-order valence-corrected chi connectivity index (χ2v) is 9.68. The number of thiazole rings is 1. The first-order valence-corrected chi connectivity index (χ1v) is 9.50. The van der Waals surface area contributed by atoms with Crippen molar-refractivity contribution in [3.05, 3.63) is 28.8 Å². The number of rotatable bonds is 5. The van der Waals surface area contributed by atoms with Gasteiger partial charge in [-0.2, -0.15) is 4.18 Å². The summed E-state index contributed by atoms with van der Waals surface area (Å²) in [5.41, 5.74) is 2.12. The van der Waals surface area contributed by atoms with Crippen molar-refractivity contribution in [1.82, 2.24) is 4.98 Å². The van der Waals surface area contributed by atoms with Gasteiger partial charge in [0, 0.05) is 13.0 Å². The van der Waals surface area contributed by atoms with Crippen LogP contribution in [0.1, 0.15) is 43.9 Å². The molecule has 5 heteroatoms. The number of benzene rings is 1. The van der Waals surface area contributed by atoms with Gasteiger partial charge in [-0.1, -0.05) is 6.07 Å². The number of aliphatic hydroxyl groups excluding tert-OH is 1. The van der Waals surface area contributed by atoms with Crippen LogP contribution in [0.15, 0.2) is 18.2 Å². The zero-order valence-electron chi connectivity index (χ0n) is 13.3. The molecule has 1 heterocycles. The van der Waals surface area contributed by atoms with Gasteiger partial charge < -0.3 is 5.11 Å². The summed E-state index contributed by atoms with van der Waals surface area (Å²) in [5.74, 6) is 0. The highest BCUT2D eigenvalue weighted by Gasteiger charge is 2.35. The molecule has 0 aliphatic heterocycles. The Kier molecular flexibility index (Phi) is 5.30. The van der Waals surface area contributed by atoms with E-state index in [-0.39, 0.29) is 28.6 Å². The summed E-state index contributed by atoms with van der Waals surface area (Å²) in [6.07, 6.45) is 2.66. The van der Waals surface area contributed by atoms with Crippen LogP contribution in [0.4, 0.5) is 0 Å². The van der Waals surface area contributed by atoms with Gasteiger partial charge in [0.2, 0.25) is 0 Å². The van der Waals surface area contributed by atoms with Crippen molar-refractivity contribution < 1.29 is 9.29 Å². The van der Waals surface area contributed by atoms with Crippen molar-refractivity contribution in [3.8, 4) is 0 Å². The number of aryl methyl sites for hydroxylation is 1. The van der Waals surface area contributed by atoms with E-state index in [2.05, 4.69) is 50.2 Å². The van der Waals surface area contributed by atoms with Crippen molar-refractivity contribution in [2.45, 2.75) is 45.0 Å². The first-order valence-electron chi connectivity index (χ1n) is 7.12. The zero-order valence-corrected chi connectivity index (χ0v) is 15.0. The van der Waals surface area contributed by atoms with Gasteiger partial charge in [0.05, 0.1) is 15.2 Å². The van der Waals surface area contributed by atoms with Gasteiger partial charge in [-0.05, 0) is 45.4 Å². The molecule has 0 fully saturated rings. The molecule has 21 heavy (non-hydrogen) atoms. The smallest absolute Gasteiger partial charge is 0.152 e.